The van der Waals surface area contributed by atoms with E-state index < -0.39 is 29.4 Å². The molecule has 1 aliphatic carbocycles. The first-order chi connectivity index (χ1) is 15.3. The van der Waals surface area contributed by atoms with Gasteiger partial charge < -0.3 is 21.1 Å². The highest BCUT2D eigenvalue weighted by Crippen LogP contribution is 2.34. The van der Waals surface area contributed by atoms with E-state index in [-0.39, 0.29) is 19.1 Å². The second kappa shape index (κ2) is 7.34. The molecule has 5 amide bonds. The number of benzene rings is 2. The fraction of sp³-hybridized carbons (Fsp3) is 0.273. The number of anilines is 2. The Morgan fingerprint density at radius 2 is 1.94 bits per heavy atom. The van der Waals surface area contributed by atoms with Crippen LogP contribution in [0.4, 0.5) is 16.2 Å². The number of para-hydroxylation sites is 2. The second-order valence-electron chi connectivity index (χ2n) is 8.19. The summed E-state index contributed by atoms with van der Waals surface area (Å²) in [7, 11) is 0. The van der Waals surface area contributed by atoms with Gasteiger partial charge in [0.2, 0.25) is 11.8 Å². The van der Waals surface area contributed by atoms with Gasteiger partial charge in [-0.3, -0.25) is 24.6 Å². The standard InChI is InChI=1S/C22H21N5O5/c23-15-11-32-17-4-2-1-3-16(17)27(19(15)29)10-18(28)24-14-6-5-12-8-22(9-13(12)7-14)20(30)25-21(31)26-22/h1-7,15H,8-11,23H2,(H,24,28)(H2,25,26,30,31). The lowest BCUT2D eigenvalue weighted by Gasteiger charge is -2.22. The number of rotatable bonds is 3. The molecule has 32 heavy (non-hydrogen) atoms. The van der Waals surface area contributed by atoms with Crippen LogP contribution in [0.5, 0.6) is 5.75 Å². The van der Waals surface area contributed by atoms with Crippen molar-refractivity contribution in [3.63, 3.8) is 0 Å². The number of hydrogen-bond acceptors (Lipinski definition) is 6. The van der Waals surface area contributed by atoms with Crippen molar-refractivity contribution in [1.82, 2.24) is 10.6 Å². The predicted molar refractivity (Wildman–Crippen MR) is 114 cm³/mol. The third kappa shape index (κ3) is 3.34. The van der Waals surface area contributed by atoms with Gasteiger partial charge in [0.25, 0.3) is 5.91 Å². The van der Waals surface area contributed by atoms with Crippen LogP contribution < -0.4 is 31.3 Å². The Hall–Kier alpha value is -3.92. The average Bonchev–Trinajstić information content (AvgIpc) is 3.23. The minimum absolute atomic E-state index is 0.0324. The van der Waals surface area contributed by atoms with Crippen molar-refractivity contribution in [2.75, 3.05) is 23.4 Å². The highest BCUT2D eigenvalue weighted by Gasteiger charge is 2.50. The number of nitrogens with two attached hydrogens (primary N) is 1. The second-order valence-corrected chi connectivity index (χ2v) is 8.19. The van der Waals surface area contributed by atoms with E-state index in [2.05, 4.69) is 16.0 Å². The lowest BCUT2D eigenvalue weighted by molar-refractivity contribution is -0.123. The third-order valence-electron chi connectivity index (χ3n) is 5.95. The van der Waals surface area contributed by atoms with E-state index >= 15 is 0 Å². The Morgan fingerprint density at radius 3 is 2.72 bits per heavy atom. The number of fused-ring (bicyclic) bond motifs is 2. The molecular formula is C22H21N5O5. The van der Waals surface area contributed by atoms with Crippen molar-refractivity contribution in [2.24, 2.45) is 5.73 Å². The molecule has 164 valence electrons. The number of amides is 5. The number of urea groups is 1. The van der Waals surface area contributed by atoms with Crippen molar-refractivity contribution < 1.29 is 23.9 Å². The van der Waals surface area contributed by atoms with Crippen LogP contribution in [-0.2, 0) is 27.2 Å². The van der Waals surface area contributed by atoms with E-state index in [9.17, 15) is 19.2 Å². The van der Waals surface area contributed by atoms with Crippen molar-refractivity contribution in [3.8, 4) is 5.75 Å². The molecule has 2 heterocycles. The maximum Gasteiger partial charge on any atom is 0.322 e. The number of hydrogen-bond donors (Lipinski definition) is 4. The molecule has 0 bridgehead atoms. The molecule has 2 atom stereocenters. The monoisotopic (exact) mass is 435 g/mol. The summed E-state index contributed by atoms with van der Waals surface area (Å²) in [5.74, 6) is -0.659. The first-order valence-electron chi connectivity index (χ1n) is 10.2. The number of nitrogens with zero attached hydrogens (tertiary/aromatic N) is 1. The Kier molecular flexibility index (Phi) is 4.59. The summed E-state index contributed by atoms with van der Waals surface area (Å²) in [5.41, 5.74) is 7.75. The molecule has 3 aliphatic rings. The largest absolute Gasteiger partial charge is 0.489 e. The molecule has 5 N–H and O–H groups in total. The molecule has 2 aromatic carbocycles. The van der Waals surface area contributed by atoms with E-state index in [4.69, 9.17) is 10.5 Å². The molecule has 1 spiro atoms. The topological polar surface area (TPSA) is 143 Å². The molecule has 1 saturated heterocycles. The summed E-state index contributed by atoms with van der Waals surface area (Å²) >= 11 is 0. The molecule has 0 saturated carbocycles. The fourth-order valence-corrected chi connectivity index (χ4v) is 4.41. The van der Waals surface area contributed by atoms with Crippen LogP contribution in [0.2, 0.25) is 0 Å². The van der Waals surface area contributed by atoms with Crippen molar-refractivity contribution >= 4 is 35.1 Å². The Balaban J connectivity index is 1.32. The number of carbonyl (C=O) groups is 4. The van der Waals surface area contributed by atoms with Gasteiger partial charge in [-0.2, -0.15) is 0 Å². The zero-order valence-corrected chi connectivity index (χ0v) is 17.0. The summed E-state index contributed by atoms with van der Waals surface area (Å²) in [6.45, 7) is -0.197. The molecule has 2 unspecified atom stereocenters. The number of ether oxygens (including phenoxy) is 1. The van der Waals surface area contributed by atoms with Gasteiger partial charge in [0.05, 0.1) is 5.69 Å². The molecular weight excluding hydrogens is 414 g/mol. The molecule has 2 aromatic rings. The predicted octanol–water partition coefficient (Wildman–Crippen LogP) is 0.0548. The SMILES string of the molecule is NC1COc2ccccc2N(CC(=O)Nc2ccc3c(c2)CC2(C3)NC(=O)NC2=O)C1=O. The van der Waals surface area contributed by atoms with Crippen LogP contribution in [0.25, 0.3) is 0 Å². The van der Waals surface area contributed by atoms with Gasteiger partial charge >= 0.3 is 6.03 Å². The van der Waals surface area contributed by atoms with Gasteiger partial charge in [0, 0.05) is 18.5 Å². The summed E-state index contributed by atoms with van der Waals surface area (Å²) < 4.78 is 5.59. The van der Waals surface area contributed by atoms with Crippen LogP contribution >= 0.6 is 0 Å². The summed E-state index contributed by atoms with van der Waals surface area (Å²) in [6, 6.07) is 10.9. The maximum atomic E-state index is 12.8. The van der Waals surface area contributed by atoms with E-state index in [1.54, 1.807) is 36.4 Å². The van der Waals surface area contributed by atoms with Gasteiger partial charge in [-0.25, -0.2) is 4.79 Å². The van der Waals surface area contributed by atoms with Gasteiger partial charge in [-0.15, -0.1) is 0 Å². The van der Waals surface area contributed by atoms with Crippen LogP contribution in [0.3, 0.4) is 0 Å². The van der Waals surface area contributed by atoms with Crippen molar-refractivity contribution in [3.05, 3.63) is 53.6 Å². The first-order valence-corrected chi connectivity index (χ1v) is 10.2. The summed E-state index contributed by atoms with van der Waals surface area (Å²) in [4.78, 5) is 50.6. The molecule has 1 fully saturated rings. The van der Waals surface area contributed by atoms with E-state index in [1.807, 2.05) is 6.07 Å². The van der Waals surface area contributed by atoms with Gasteiger partial charge in [-0.05, 0) is 35.4 Å². The van der Waals surface area contributed by atoms with Crippen LogP contribution in [0.15, 0.2) is 42.5 Å². The highest BCUT2D eigenvalue weighted by atomic mass is 16.5. The normalized spacial score (nSPS) is 23.7. The smallest absolute Gasteiger partial charge is 0.322 e. The number of nitrogens with one attached hydrogen (secondary N) is 3. The molecule has 5 rings (SSSR count). The minimum atomic E-state index is -0.972. The molecule has 0 aromatic heterocycles. The van der Waals surface area contributed by atoms with E-state index in [0.717, 1.165) is 11.1 Å². The highest BCUT2D eigenvalue weighted by molar-refractivity contribution is 6.08. The van der Waals surface area contributed by atoms with E-state index in [1.165, 1.54) is 4.90 Å². The van der Waals surface area contributed by atoms with Gasteiger partial charge in [-0.1, -0.05) is 18.2 Å². The Labute approximate surface area is 183 Å². The quantitative estimate of drug-likeness (QED) is 0.502. The van der Waals surface area contributed by atoms with Crippen LogP contribution in [0, 0.1) is 0 Å². The lowest BCUT2D eigenvalue weighted by atomic mass is 9.96. The molecule has 10 nitrogen and oxygen atoms in total. The van der Waals surface area contributed by atoms with Gasteiger partial charge in [0.1, 0.15) is 30.5 Å². The fourth-order valence-electron chi connectivity index (χ4n) is 4.41. The Bertz CT molecular complexity index is 1170. The minimum Gasteiger partial charge on any atom is -0.489 e. The lowest BCUT2D eigenvalue weighted by Crippen LogP contribution is -2.47. The number of imide groups is 1. The van der Waals surface area contributed by atoms with Gasteiger partial charge in [0.15, 0.2) is 0 Å². The zero-order chi connectivity index (χ0) is 22.5. The van der Waals surface area contributed by atoms with E-state index in [0.29, 0.717) is 30.0 Å². The zero-order valence-electron chi connectivity index (χ0n) is 17.0. The maximum absolute atomic E-state index is 12.8. The summed E-state index contributed by atoms with van der Waals surface area (Å²) in [6.07, 6.45) is 0.735. The van der Waals surface area contributed by atoms with Crippen LogP contribution in [0.1, 0.15) is 11.1 Å². The molecule has 0 radical (unpaired) electrons. The van der Waals surface area contributed by atoms with Crippen molar-refractivity contribution in [1.29, 1.82) is 0 Å². The molecule has 10 heteroatoms. The number of carbonyl (C=O) groups excluding carboxylic acids is 4. The molecule has 2 aliphatic heterocycles. The van der Waals surface area contributed by atoms with Crippen molar-refractivity contribution in [2.45, 2.75) is 24.4 Å². The summed E-state index contributed by atoms with van der Waals surface area (Å²) in [5, 5.41) is 7.79. The average molecular weight is 435 g/mol. The van der Waals surface area contributed by atoms with Crippen LogP contribution in [-0.4, -0.2) is 48.5 Å². The Morgan fingerprint density at radius 1 is 1.16 bits per heavy atom. The first kappa shape index (κ1) is 20.0. The third-order valence-corrected chi connectivity index (χ3v) is 5.95.